The minimum atomic E-state index is 0.365. The highest BCUT2D eigenvalue weighted by Crippen LogP contribution is 2.42. The molecule has 0 saturated carbocycles. The van der Waals surface area contributed by atoms with Crippen molar-refractivity contribution in [1.29, 1.82) is 0 Å². The molecule has 2 aliphatic rings. The molecular formula is C20H23NOS. The average molecular weight is 325 g/mol. The van der Waals surface area contributed by atoms with Gasteiger partial charge in [-0.15, -0.1) is 11.8 Å². The van der Waals surface area contributed by atoms with Crippen LogP contribution in [0.3, 0.4) is 0 Å². The second-order valence-electron chi connectivity index (χ2n) is 6.81. The Hall–Kier alpha value is -1.45. The van der Waals surface area contributed by atoms with Crippen molar-refractivity contribution in [3.63, 3.8) is 0 Å². The topological polar surface area (TPSA) is 23.5 Å². The molecule has 2 heterocycles. The molecule has 2 aromatic rings. The lowest BCUT2D eigenvalue weighted by molar-refractivity contribution is 0.183. The summed E-state index contributed by atoms with van der Waals surface area (Å²) in [6, 6.07) is 17.8. The van der Waals surface area contributed by atoms with Crippen LogP contribution in [0.2, 0.25) is 0 Å². The first-order chi connectivity index (χ1) is 11.2. The molecule has 0 aliphatic carbocycles. The van der Waals surface area contributed by atoms with Crippen LogP contribution in [0.1, 0.15) is 25.7 Å². The fraction of sp³-hybridized carbons (Fsp3) is 0.400. The Labute approximate surface area is 142 Å². The van der Waals surface area contributed by atoms with Crippen molar-refractivity contribution < 1.29 is 5.11 Å². The van der Waals surface area contributed by atoms with E-state index in [1.807, 2.05) is 36.0 Å². The summed E-state index contributed by atoms with van der Waals surface area (Å²) in [6.45, 7) is 0. The highest BCUT2D eigenvalue weighted by Gasteiger charge is 2.38. The smallest absolute Gasteiger partial charge is 0.123 e. The highest BCUT2D eigenvalue weighted by molar-refractivity contribution is 8.00. The van der Waals surface area contributed by atoms with E-state index in [9.17, 15) is 5.11 Å². The number of thioether (sulfide) groups is 1. The highest BCUT2D eigenvalue weighted by atomic mass is 32.2. The molecule has 0 aromatic heterocycles. The van der Waals surface area contributed by atoms with E-state index in [2.05, 4.69) is 36.2 Å². The molecule has 2 fully saturated rings. The molecule has 4 rings (SSSR count). The molecule has 2 aromatic carbocycles. The van der Waals surface area contributed by atoms with Crippen molar-refractivity contribution in [2.75, 3.05) is 7.05 Å². The fourth-order valence-electron chi connectivity index (χ4n) is 4.09. The Morgan fingerprint density at radius 2 is 1.70 bits per heavy atom. The van der Waals surface area contributed by atoms with E-state index in [0.717, 1.165) is 23.2 Å². The van der Waals surface area contributed by atoms with Gasteiger partial charge >= 0.3 is 0 Å². The zero-order chi connectivity index (χ0) is 15.8. The number of phenolic OH excluding ortho intramolecular Hbond substituents is 1. The van der Waals surface area contributed by atoms with Crippen LogP contribution in [0.15, 0.2) is 53.4 Å². The summed E-state index contributed by atoms with van der Waals surface area (Å²) in [5, 5.41) is 10.9. The molecule has 2 bridgehead atoms. The zero-order valence-corrected chi connectivity index (χ0v) is 14.3. The van der Waals surface area contributed by atoms with E-state index in [0.29, 0.717) is 11.0 Å². The maximum Gasteiger partial charge on any atom is 0.123 e. The quantitative estimate of drug-likeness (QED) is 0.879. The summed E-state index contributed by atoms with van der Waals surface area (Å²) in [6.07, 6.45) is 5.31. The number of hydrogen-bond donors (Lipinski definition) is 1. The first-order valence-electron chi connectivity index (χ1n) is 8.48. The molecule has 0 radical (unpaired) electrons. The molecule has 3 heteroatoms. The van der Waals surface area contributed by atoms with Crippen LogP contribution in [0, 0.1) is 0 Å². The van der Waals surface area contributed by atoms with E-state index < -0.39 is 0 Å². The normalized spacial score (nSPS) is 27.3. The van der Waals surface area contributed by atoms with Crippen molar-refractivity contribution in [2.24, 2.45) is 0 Å². The molecule has 120 valence electrons. The molecule has 2 aliphatic heterocycles. The van der Waals surface area contributed by atoms with Gasteiger partial charge in [0.1, 0.15) is 5.75 Å². The molecule has 1 N–H and O–H groups in total. The lowest BCUT2D eigenvalue weighted by Gasteiger charge is -2.36. The number of rotatable bonds is 3. The minimum Gasteiger partial charge on any atom is -0.507 e. The third-order valence-corrected chi connectivity index (χ3v) is 6.65. The maximum atomic E-state index is 10.2. The van der Waals surface area contributed by atoms with Crippen molar-refractivity contribution in [1.82, 2.24) is 4.90 Å². The molecule has 2 nitrogen and oxygen atoms in total. The second-order valence-corrected chi connectivity index (χ2v) is 8.18. The largest absolute Gasteiger partial charge is 0.507 e. The summed E-state index contributed by atoms with van der Waals surface area (Å²) >= 11 is 1.99. The van der Waals surface area contributed by atoms with Gasteiger partial charge in [-0.05, 0) is 56.5 Å². The fourth-order valence-corrected chi connectivity index (χ4v) is 5.44. The van der Waals surface area contributed by atoms with Crippen LogP contribution < -0.4 is 0 Å². The number of hydrogen-bond acceptors (Lipinski definition) is 3. The first kappa shape index (κ1) is 15.1. The molecule has 0 spiro atoms. The monoisotopic (exact) mass is 325 g/mol. The van der Waals surface area contributed by atoms with Gasteiger partial charge in [0.25, 0.3) is 0 Å². The van der Waals surface area contributed by atoms with E-state index in [1.165, 1.54) is 30.6 Å². The van der Waals surface area contributed by atoms with E-state index in [-0.39, 0.29) is 0 Å². The van der Waals surface area contributed by atoms with Crippen LogP contribution in [0.25, 0.3) is 11.1 Å². The van der Waals surface area contributed by atoms with Gasteiger partial charge in [0.2, 0.25) is 0 Å². The number of fused-ring (bicyclic) bond motifs is 2. The summed E-state index contributed by atoms with van der Waals surface area (Å²) in [7, 11) is 2.29. The van der Waals surface area contributed by atoms with Crippen LogP contribution in [-0.4, -0.2) is 34.4 Å². The number of nitrogens with zero attached hydrogens (tertiary/aromatic N) is 1. The van der Waals surface area contributed by atoms with Crippen molar-refractivity contribution in [3.05, 3.63) is 48.5 Å². The Morgan fingerprint density at radius 3 is 2.39 bits per heavy atom. The summed E-state index contributed by atoms with van der Waals surface area (Å²) in [4.78, 5) is 3.86. The Bertz CT molecular complexity index is 673. The van der Waals surface area contributed by atoms with Crippen molar-refractivity contribution >= 4 is 11.8 Å². The second kappa shape index (κ2) is 6.21. The lowest BCUT2D eigenvalue weighted by Crippen LogP contribution is -2.40. The molecule has 23 heavy (non-hydrogen) atoms. The van der Waals surface area contributed by atoms with Crippen molar-refractivity contribution in [2.45, 2.75) is 47.9 Å². The Morgan fingerprint density at radius 1 is 1.00 bits per heavy atom. The standard InChI is InChI=1S/C20H23NOS/c1-21-15-7-8-16(21)12-18(11-15)23-17-9-10-20(22)19(13-17)14-5-3-2-4-6-14/h2-6,9-10,13,15-16,18,22H,7-8,11-12H2,1H3. The van der Waals surface area contributed by atoms with Gasteiger partial charge in [-0.1, -0.05) is 30.3 Å². The number of phenols is 1. The van der Waals surface area contributed by atoms with E-state index >= 15 is 0 Å². The predicted octanol–water partition coefficient (Wildman–Crippen LogP) is 4.78. The number of piperidine rings is 1. The van der Waals surface area contributed by atoms with Gasteiger partial charge in [0.15, 0.2) is 0 Å². The summed E-state index contributed by atoms with van der Waals surface area (Å²) in [5.74, 6) is 0.365. The number of benzene rings is 2. The van der Waals surface area contributed by atoms with Gasteiger partial charge in [-0.25, -0.2) is 0 Å². The van der Waals surface area contributed by atoms with Crippen LogP contribution >= 0.6 is 11.8 Å². The third kappa shape index (κ3) is 3.00. The minimum absolute atomic E-state index is 0.365. The zero-order valence-electron chi connectivity index (χ0n) is 13.5. The summed E-state index contributed by atoms with van der Waals surface area (Å²) < 4.78 is 0. The van der Waals surface area contributed by atoms with Crippen LogP contribution in [0.5, 0.6) is 5.75 Å². The van der Waals surface area contributed by atoms with Gasteiger partial charge in [-0.3, -0.25) is 0 Å². The van der Waals surface area contributed by atoms with Crippen molar-refractivity contribution in [3.8, 4) is 16.9 Å². The van der Waals surface area contributed by atoms with Gasteiger partial charge in [0.05, 0.1) is 0 Å². The molecule has 0 amide bonds. The SMILES string of the molecule is CN1C2CCC1CC(Sc1ccc(O)c(-c3ccccc3)c1)C2. The van der Waals surface area contributed by atoms with Gasteiger partial charge < -0.3 is 10.0 Å². The third-order valence-electron chi connectivity index (χ3n) is 5.41. The molecule has 2 saturated heterocycles. The summed E-state index contributed by atoms with van der Waals surface area (Å²) in [5.41, 5.74) is 2.02. The molecule has 2 unspecified atom stereocenters. The maximum absolute atomic E-state index is 10.2. The average Bonchev–Trinajstić information content (AvgIpc) is 2.79. The van der Waals surface area contributed by atoms with Gasteiger partial charge in [-0.2, -0.15) is 0 Å². The van der Waals surface area contributed by atoms with E-state index in [1.54, 1.807) is 0 Å². The lowest BCUT2D eigenvalue weighted by atomic mass is 10.0. The number of aromatic hydroxyl groups is 1. The van der Waals surface area contributed by atoms with Crippen LogP contribution in [0.4, 0.5) is 0 Å². The van der Waals surface area contributed by atoms with Gasteiger partial charge in [0, 0.05) is 27.8 Å². The first-order valence-corrected chi connectivity index (χ1v) is 9.35. The van der Waals surface area contributed by atoms with Crippen LogP contribution in [-0.2, 0) is 0 Å². The Kier molecular flexibility index (Phi) is 4.08. The van der Waals surface area contributed by atoms with E-state index in [4.69, 9.17) is 0 Å². The molecular weight excluding hydrogens is 302 g/mol. The Balaban J connectivity index is 1.54. The molecule has 2 atom stereocenters. The predicted molar refractivity (Wildman–Crippen MR) is 97.0 cm³/mol.